The summed E-state index contributed by atoms with van der Waals surface area (Å²) in [6.45, 7) is 0.998. The highest BCUT2D eigenvalue weighted by molar-refractivity contribution is 7.89. The van der Waals surface area contributed by atoms with Gasteiger partial charge in [-0.15, -0.1) is 0 Å². The van der Waals surface area contributed by atoms with Gasteiger partial charge in [-0.3, -0.25) is 9.59 Å². The lowest BCUT2D eigenvalue weighted by Crippen LogP contribution is -2.26. The first-order valence-electron chi connectivity index (χ1n) is 11.5. The van der Waals surface area contributed by atoms with E-state index in [0.717, 1.165) is 18.9 Å². The van der Waals surface area contributed by atoms with Gasteiger partial charge in [0.1, 0.15) is 11.6 Å². The fourth-order valence-electron chi connectivity index (χ4n) is 3.61. The third-order valence-corrected chi connectivity index (χ3v) is 7.47. The molecule has 0 aliphatic heterocycles. The first-order valence-corrected chi connectivity index (χ1v) is 13.4. The molecule has 3 aromatic rings. The van der Waals surface area contributed by atoms with Crippen LogP contribution in [0, 0.1) is 12.7 Å². The van der Waals surface area contributed by atoms with Crippen molar-refractivity contribution in [3.8, 4) is 5.75 Å². The summed E-state index contributed by atoms with van der Waals surface area (Å²) >= 11 is 5.96. The van der Waals surface area contributed by atoms with Crippen molar-refractivity contribution >= 4 is 39.0 Å². The van der Waals surface area contributed by atoms with Crippen molar-refractivity contribution in [1.82, 2.24) is 4.72 Å². The molecule has 1 aliphatic rings. The van der Waals surface area contributed by atoms with Crippen molar-refractivity contribution in [3.05, 3.63) is 87.7 Å². The van der Waals surface area contributed by atoms with Crippen LogP contribution in [0.4, 0.5) is 23.2 Å². The van der Waals surface area contributed by atoms with Crippen LogP contribution in [0.15, 0.2) is 59.5 Å². The van der Waals surface area contributed by atoms with Gasteiger partial charge in [-0.1, -0.05) is 11.6 Å². The number of nitrogens with one attached hydrogen (secondary N) is 2. The minimum atomic E-state index is -4.88. The van der Waals surface area contributed by atoms with Gasteiger partial charge in [0.2, 0.25) is 10.0 Å². The van der Waals surface area contributed by atoms with Crippen LogP contribution in [-0.2, 0) is 21.0 Å². The molecule has 1 saturated carbocycles. The number of amides is 1. The molecule has 13 heteroatoms. The predicted molar refractivity (Wildman–Crippen MR) is 135 cm³/mol. The summed E-state index contributed by atoms with van der Waals surface area (Å²) in [5.41, 5.74) is -1.41. The summed E-state index contributed by atoms with van der Waals surface area (Å²) in [6, 6.07) is 9.28. The number of halogens is 5. The summed E-state index contributed by atoms with van der Waals surface area (Å²) in [6.07, 6.45) is -3.31. The van der Waals surface area contributed by atoms with Crippen molar-refractivity contribution in [2.24, 2.45) is 0 Å². The van der Waals surface area contributed by atoms with Crippen LogP contribution in [0.3, 0.4) is 0 Å². The minimum absolute atomic E-state index is 0.0523. The van der Waals surface area contributed by atoms with Gasteiger partial charge in [-0.2, -0.15) is 13.2 Å². The summed E-state index contributed by atoms with van der Waals surface area (Å²) in [5.74, 6) is -3.08. The number of carbonyl (C=O) groups excluding carboxylic acids is 2. The number of hydrogen-bond donors (Lipinski definition) is 2. The van der Waals surface area contributed by atoms with E-state index in [1.165, 1.54) is 30.3 Å². The SMILES string of the molecule is Cc1cc(S(=O)(=O)NC2CC2)ccc1NC(=O)COc1ccc(Cl)cc1C(=O)c1cc(F)cc(C(F)(F)F)c1. The lowest BCUT2D eigenvalue weighted by Gasteiger charge is -2.14. The van der Waals surface area contributed by atoms with Gasteiger partial charge in [0.25, 0.3) is 5.91 Å². The third kappa shape index (κ3) is 7.14. The summed E-state index contributed by atoms with van der Waals surface area (Å²) in [5, 5.41) is 2.63. The summed E-state index contributed by atoms with van der Waals surface area (Å²) in [7, 11) is -3.68. The number of rotatable bonds is 9. The Labute approximate surface area is 226 Å². The van der Waals surface area contributed by atoms with Crippen LogP contribution in [0.2, 0.25) is 5.02 Å². The van der Waals surface area contributed by atoms with Gasteiger partial charge in [0.15, 0.2) is 12.4 Å². The second-order valence-electron chi connectivity index (χ2n) is 8.91. The number of sulfonamides is 1. The maximum absolute atomic E-state index is 13.9. The van der Waals surface area contributed by atoms with Crippen molar-refractivity contribution < 1.29 is 40.3 Å². The van der Waals surface area contributed by atoms with Gasteiger partial charge in [0.05, 0.1) is 16.0 Å². The van der Waals surface area contributed by atoms with Gasteiger partial charge < -0.3 is 10.1 Å². The topological polar surface area (TPSA) is 102 Å². The molecule has 0 heterocycles. The molecule has 0 aromatic heterocycles. The van der Waals surface area contributed by atoms with E-state index in [1.807, 2.05) is 0 Å². The molecular formula is C26H21ClF4N2O5S. The van der Waals surface area contributed by atoms with Crippen molar-refractivity contribution in [2.75, 3.05) is 11.9 Å². The highest BCUT2D eigenvalue weighted by Gasteiger charge is 2.32. The zero-order valence-electron chi connectivity index (χ0n) is 20.2. The third-order valence-electron chi connectivity index (χ3n) is 5.71. The molecule has 39 heavy (non-hydrogen) atoms. The van der Waals surface area contributed by atoms with E-state index in [9.17, 15) is 35.6 Å². The normalized spacial score (nSPS) is 13.7. The molecule has 0 bridgehead atoms. The predicted octanol–water partition coefficient (Wildman–Crippen LogP) is 5.50. The highest BCUT2D eigenvalue weighted by Crippen LogP contribution is 2.32. The molecule has 4 rings (SSSR count). The van der Waals surface area contributed by atoms with Crippen LogP contribution in [0.25, 0.3) is 0 Å². The Hall–Kier alpha value is -3.48. The van der Waals surface area contributed by atoms with E-state index < -0.39 is 51.4 Å². The van der Waals surface area contributed by atoms with Crippen molar-refractivity contribution in [1.29, 1.82) is 0 Å². The lowest BCUT2D eigenvalue weighted by molar-refractivity contribution is -0.137. The van der Waals surface area contributed by atoms with Crippen molar-refractivity contribution in [2.45, 2.75) is 36.9 Å². The number of carbonyl (C=O) groups is 2. The standard InChI is InChI=1S/C26H21ClF4N2O5S/c1-14-8-20(39(36,37)33-19-3-4-19)5-6-22(14)32-24(34)13-38-23-7-2-17(27)12-21(23)25(35)15-9-16(26(29,30)31)11-18(28)10-15/h2,5-12,19,33H,3-4,13H2,1H3,(H,32,34). The average Bonchev–Trinajstić information content (AvgIpc) is 3.66. The summed E-state index contributed by atoms with van der Waals surface area (Å²) in [4.78, 5) is 25.6. The van der Waals surface area contributed by atoms with Crippen LogP contribution < -0.4 is 14.8 Å². The molecule has 1 amide bonds. The first-order chi connectivity index (χ1) is 18.2. The largest absolute Gasteiger partial charge is 0.483 e. The van der Waals surface area contributed by atoms with Gasteiger partial charge in [-0.05, 0) is 79.9 Å². The molecule has 0 spiro atoms. The molecule has 3 aromatic carbocycles. The number of ketones is 1. The van der Waals surface area contributed by atoms with Crippen LogP contribution in [0.1, 0.15) is 39.9 Å². The second-order valence-corrected chi connectivity index (χ2v) is 11.1. The van der Waals surface area contributed by atoms with Crippen LogP contribution in [-0.4, -0.2) is 32.8 Å². The van der Waals surface area contributed by atoms with Crippen LogP contribution in [0.5, 0.6) is 5.75 Å². The molecule has 7 nitrogen and oxygen atoms in total. The fourth-order valence-corrected chi connectivity index (χ4v) is 5.17. The van der Waals surface area contributed by atoms with E-state index in [0.29, 0.717) is 23.4 Å². The second kappa shape index (κ2) is 10.9. The van der Waals surface area contributed by atoms with Crippen LogP contribution >= 0.6 is 11.6 Å². The Kier molecular flexibility index (Phi) is 8.01. The Balaban J connectivity index is 1.48. The summed E-state index contributed by atoms with van der Waals surface area (Å²) < 4.78 is 86.0. The zero-order valence-corrected chi connectivity index (χ0v) is 21.8. The maximum Gasteiger partial charge on any atom is 0.416 e. The van der Waals surface area contributed by atoms with E-state index >= 15 is 0 Å². The number of benzene rings is 3. The number of ether oxygens (including phenoxy) is 1. The Morgan fingerprint density at radius 3 is 2.41 bits per heavy atom. The van der Waals surface area contributed by atoms with E-state index in [2.05, 4.69) is 10.0 Å². The van der Waals surface area contributed by atoms with Crippen molar-refractivity contribution in [3.63, 3.8) is 0 Å². The number of anilines is 1. The average molecular weight is 585 g/mol. The van der Waals surface area contributed by atoms with E-state index in [-0.39, 0.29) is 33.3 Å². The number of hydrogen-bond acceptors (Lipinski definition) is 5. The zero-order chi connectivity index (χ0) is 28.5. The number of aryl methyl sites for hydroxylation is 1. The molecule has 1 aliphatic carbocycles. The molecular weight excluding hydrogens is 564 g/mol. The van der Waals surface area contributed by atoms with Gasteiger partial charge in [-0.25, -0.2) is 17.5 Å². The maximum atomic E-state index is 13.9. The molecule has 0 atom stereocenters. The first kappa shape index (κ1) is 28.5. The Bertz CT molecular complexity index is 1560. The molecule has 1 fully saturated rings. The molecule has 0 radical (unpaired) electrons. The van der Waals surface area contributed by atoms with Gasteiger partial charge >= 0.3 is 6.18 Å². The Morgan fingerprint density at radius 1 is 1.05 bits per heavy atom. The number of alkyl halides is 3. The Morgan fingerprint density at radius 2 is 1.77 bits per heavy atom. The van der Waals surface area contributed by atoms with Gasteiger partial charge in [0, 0.05) is 22.3 Å². The molecule has 2 N–H and O–H groups in total. The lowest BCUT2D eigenvalue weighted by atomic mass is 10.00. The smallest absolute Gasteiger partial charge is 0.416 e. The van der Waals surface area contributed by atoms with E-state index in [4.69, 9.17) is 16.3 Å². The molecule has 206 valence electrons. The quantitative estimate of drug-likeness (QED) is 0.256. The minimum Gasteiger partial charge on any atom is -0.483 e. The fraction of sp³-hybridized carbons (Fsp3) is 0.231. The van der Waals surface area contributed by atoms with E-state index in [1.54, 1.807) is 6.92 Å². The molecule has 0 unspecified atom stereocenters. The molecule has 0 saturated heterocycles. The highest BCUT2D eigenvalue weighted by atomic mass is 35.5. The monoisotopic (exact) mass is 584 g/mol.